The van der Waals surface area contributed by atoms with Gasteiger partial charge < -0.3 is 10.6 Å². The Kier molecular flexibility index (Phi) is 5.88. The second kappa shape index (κ2) is 7.88. The van der Waals surface area contributed by atoms with Gasteiger partial charge in [0.25, 0.3) is 0 Å². The Balaban J connectivity index is 1.79. The summed E-state index contributed by atoms with van der Waals surface area (Å²) in [7, 11) is 1.64. The summed E-state index contributed by atoms with van der Waals surface area (Å²) in [5.41, 5.74) is -0.394. The summed E-state index contributed by atoms with van der Waals surface area (Å²) in [5.74, 6) is -1.05. The molecule has 1 aromatic carbocycles. The number of anilines is 1. The minimum Gasteiger partial charge on any atom is -0.337 e. The molecule has 0 atom stereocenters. The lowest BCUT2D eigenvalue weighted by molar-refractivity contribution is -0.124. The molecule has 0 spiro atoms. The number of hydrogen-bond donors (Lipinski definition) is 2. The molecule has 1 saturated carbocycles. The van der Waals surface area contributed by atoms with E-state index in [4.69, 9.17) is 0 Å². The van der Waals surface area contributed by atoms with Crippen LogP contribution in [0.2, 0.25) is 0 Å². The van der Waals surface area contributed by atoms with Crippen molar-refractivity contribution in [3.63, 3.8) is 0 Å². The third-order valence-electron chi connectivity index (χ3n) is 3.99. The third-order valence-corrected chi connectivity index (χ3v) is 3.99. The van der Waals surface area contributed by atoms with Gasteiger partial charge in [-0.25, -0.2) is 4.39 Å². The average Bonchev–Trinajstić information content (AvgIpc) is 2.95. The summed E-state index contributed by atoms with van der Waals surface area (Å²) in [4.78, 5) is 25.5. The Bertz CT molecular complexity index is 650. The number of halogens is 1. The smallest absolute Gasteiger partial charge is 0.238 e. The number of carbonyl (C=O) groups excluding carboxylic acids is 2. The van der Waals surface area contributed by atoms with Gasteiger partial charge in [-0.05, 0) is 50.9 Å². The van der Waals surface area contributed by atoms with Crippen LogP contribution in [0.1, 0.15) is 25.7 Å². The van der Waals surface area contributed by atoms with Gasteiger partial charge >= 0.3 is 0 Å². The van der Waals surface area contributed by atoms with E-state index in [1.807, 2.05) is 0 Å². The highest BCUT2D eigenvalue weighted by atomic mass is 19.1. The molecule has 0 aliphatic heterocycles. The summed E-state index contributed by atoms with van der Waals surface area (Å²) in [6.45, 7) is 0.00346. The van der Waals surface area contributed by atoms with Crippen molar-refractivity contribution in [1.82, 2.24) is 10.2 Å². The van der Waals surface area contributed by atoms with Crippen molar-refractivity contribution in [1.29, 1.82) is 5.26 Å². The lowest BCUT2D eigenvalue weighted by Crippen LogP contribution is -2.49. The highest BCUT2D eigenvalue weighted by Gasteiger charge is 2.35. The van der Waals surface area contributed by atoms with Gasteiger partial charge in [0.05, 0.1) is 19.2 Å². The summed E-state index contributed by atoms with van der Waals surface area (Å²) in [5, 5.41) is 14.6. The maximum atomic E-state index is 13.1. The van der Waals surface area contributed by atoms with E-state index in [0.717, 1.165) is 12.8 Å². The number of nitrogens with one attached hydrogen (secondary N) is 2. The van der Waals surface area contributed by atoms with Gasteiger partial charge in [-0.2, -0.15) is 5.26 Å². The number of nitriles is 1. The lowest BCUT2D eigenvalue weighted by Gasteiger charge is -2.24. The zero-order chi connectivity index (χ0) is 17.6. The Labute approximate surface area is 140 Å². The Morgan fingerprint density at radius 2 is 1.96 bits per heavy atom. The van der Waals surface area contributed by atoms with Gasteiger partial charge in [0.15, 0.2) is 0 Å². The zero-order valence-corrected chi connectivity index (χ0v) is 13.6. The molecular formula is C17H21FN4O2. The molecule has 0 unspecified atom stereocenters. The molecule has 2 rings (SSSR count). The predicted octanol–water partition coefficient (Wildman–Crippen LogP) is 1.65. The van der Waals surface area contributed by atoms with E-state index in [1.165, 1.54) is 18.2 Å². The summed E-state index contributed by atoms with van der Waals surface area (Å²) < 4.78 is 13.1. The van der Waals surface area contributed by atoms with Gasteiger partial charge in [-0.3, -0.25) is 14.5 Å². The molecule has 1 aliphatic carbocycles. The summed E-state index contributed by atoms with van der Waals surface area (Å²) in [6.07, 6.45) is 3.19. The third kappa shape index (κ3) is 5.03. The Morgan fingerprint density at radius 1 is 1.29 bits per heavy atom. The van der Waals surface area contributed by atoms with Crippen molar-refractivity contribution >= 4 is 17.5 Å². The van der Waals surface area contributed by atoms with Crippen LogP contribution in [-0.2, 0) is 9.59 Å². The minimum atomic E-state index is -0.762. The molecule has 0 radical (unpaired) electrons. The van der Waals surface area contributed by atoms with Gasteiger partial charge in [0, 0.05) is 5.69 Å². The van der Waals surface area contributed by atoms with Crippen molar-refractivity contribution in [3.05, 3.63) is 30.1 Å². The lowest BCUT2D eigenvalue weighted by atomic mass is 10.00. The largest absolute Gasteiger partial charge is 0.337 e. The van der Waals surface area contributed by atoms with E-state index in [0.29, 0.717) is 18.5 Å². The fourth-order valence-corrected chi connectivity index (χ4v) is 2.86. The van der Waals surface area contributed by atoms with Gasteiger partial charge in [0.1, 0.15) is 11.4 Å². The van der Waals surface area contributed by atoms with Crippen LogP contribution in [0.3, 0.4) is 0 Å². The topological polar surface area (TPSA) is 85.2 Å². The molecular weight excluding hydrogens is 311 g/mol. The second-order valence-electron chi connectivity index (χ2n) is 6.18. The highest BCUT2D eigenvalue weighted by molar-refractivity contribution is 5.92. The van der Waals surface area contributed by atoms with Crippen LogP contribution in [0.25, 0.3) is 0 Å². The van der Waals surface area contributed by atoms with E-state index in [1.54, 1.807) is 18.0 Å². The summed E-state index contributed by atoms with van der Waals surface area (Å²) in [6, 6.07) is 7.80. The monoisotopic (exact) mass is 332 g/mol. The molecule has 1 fully saturated rings. The second-order valence-corrected chi connectivity index (χ2v) is 6.18. The van der Waals surface area contributed by atoms with Crippen molar-refractivity contribution < 1.29 is 14.0 Å². The molecule has 2 amide bonds. The SMILES string of the molecule is CN(CC(=O)Nc1cccc(F)c1)CC(=O)NC1(C#N)CCCC1. The van der Waals surface area contributed by atoms with Crippen LogP contribution < -0.4 is 10.6 Å². The number of rotatable bonds is 6. The number of hydrogen-bond acceptors (Lipinski definition) is 4. The first kappa shape index (κ1) is 17.9. The fourth-order valence-electron chi connectivity index (χ4n) is 2.86. The first-order valence-corrected chi connectivity index (χ1v) is 7.89. The van der Waals surface area contributed by atoms with Gasteiger partial charge in [-0.15, -0.1) is 0 Å². The highest BCUT2D eigenvalue weighted by Crippen LogP contribution is 2.28. The van der Waals surface area contributed by atoms with Crippen LogP contribution in [0.4, 0.5) is 10.1 Å². The molecule has 0 aromatic heterocycles. The number of nitrogens with zero attached hydrogens (tertiary/aromatic N) is 2. The molecule has 0 saturated heterocycles. The molecule has 1 aliphatic rings. The molecule has 0 bridgehead atoms. The molecule has 2 N–H and O–H groups in total. The van der Waals surface area contributed by atoms with Gasteiger partial charge in [-0.1, -0.05) is 6.07 Å². The fraction of sp³-hybridized carbons (Fsp3) is 0.471. The minimum absolute atomic E-state index is 0.0104. The molecule has 7 heteroatoms. The van der Waals surface area contributed by atoms with E-state index in [2.05, 4.69) is 16.7 Å². The summed E-state index contributed by atoms with van der Waals surface area (Å²) >= 11 is 0. The van der Waals surface area contributed by atoms with Crippen LogP contribution in [0, 0.1) is 17.1 Å². The van der Waals surface area contributed by atoms with Crippen molar-refractivity contribution in [2.24, 2.45) is 0 Å². The number of benzene rings is 1. The van der Waals surface area contributed by atoms with E-state index < -0.39 is 11.4 Å². The van der Waals surface area contributed by atoms with Crippen molar-refractivity contribution in [3.8, 4) is 6.07 Å². The van der Waals surface area contributed by atoms with Gasteiger partial charge in [0.2, 0.25) is 11.8 Å². The molecule has 1 aromatic rings. The standard InChI is InChI=1S/C17H21FN4O2/c1-22(10-15(23)20-14-6-4-5-13(18)9-14)11-16(24)21-17(12-19)7-2-3-8-17/h4-6,9H,2-3,7-8,10-11H2,1H3,(H,20,23)(H,21,24). The van der Waals surface area contributed by atoms with E-state index >= 15 is 0 Å². The quantitative estimate of drug-likeness (QED) is 0.829. The van der Waals surface area contributed by atoms with Crippen LogP contribution in [0.15, 0.2) is 24.3 Å². The molecule has 0 heterocycles. The molecule has 6 nitrogen and oxygen atoms in total. The normalized spacial score (nSPS) is 15.8. The Hall–Kier alpha value is -2.46. The van der Waals surface area contributed by atoms with E-state index in [-0.39, 0.29) is 24.9 Å². The number of amides is 2. The molecule has 24 heavy (non-hydrogen) atoms. The van der Waals surface area contributed by atoms with Crippen molar-refractivity contribution in [2.75, 3.05) is 25.5 Å². The maximum Gasteiger partial charge on any atom is 0.238 e. The first-order valence-electron chi connectivity index (χ1n) is 7.89. The first-order chi connectivity index (χ1) is 11.4. The van der Waals surface area contributed by atoms with Crippen LogP contribution >= 0.6 is 0 Å². The molecule has 128 valence electrons. The number of likely N-dealkylation sites (N-methyl/N-ethyl adjacent to an activating group) is 1. The zero-order valence-electron chi connectivity index (χ0n) is 13.6. The van der Waals surface area contributed by atoms with E-state index in [9.17, 15) is 19.2 Å². The van der Waals surface area contributed by atoms with Crippen LogP contribution in [0.5, 0.6) is 0 Å². The predicted molar refractivity (Wildman–Crippen MR) is 87.5 cm³/mol. The van der Waals surface area contributed by atoms with Crippen molar-refractivity contribution in [2.45, 2.75) is 31.2 Å². The Morgan fingerprint density at radius 3 is 2.58 bits per heavy atom. The number of carbonyl (C=O) groups is 2. The maximum absolute atomic E-state index is 13.1. The average molecular weight is 332 g/mol. The van der Waals surface area contributed by atoms with Crippen LogP contribution in [-0.4, -0.2) is 42.4 Å².